The van der Waals surface area contributed by atoms with Crippen LogP contribution in [-0.2, 0) is 79.8 Å². The van der Waals surface area contributed by atoms with Gasteiger partial charge >= 0.3 is 5.97 Å². The second-order valence-electron chi connectivity index (χ2n) is 2.72. The normalized spacial score (nSPS) is 6.00. The molecule has 0 saturated carbocycles. The number of nitrogens with one attached hydrogen (secondary N) is 2. The Hall–Kier alpha value is -0.242. The van der Waals surface area contributed by atoms with E-state index in [4.69, 9.17) is 16.6 Å². The number of carbonyl (C=O) groups is 3. The molecular weight excluding hydrogens is 442 g/mol. The fourth-order valence-corrected chi connectivity index (χ4v) is 0.386. The van der Waals surface area contributed by atoms with Gasteiger partial charge in [0, 0.05) is 78.3 Å². The Balaban J connectivity index is -0.0000000281. The molecule has 0 aliphatic rings. The molecule has 10 heteroatoms. The maximum atomic E-state index is 9.64. The molecule has 0 heterocycles. The number of aliphatic carboxylic acids is 1. The molecule has 124 valence electrons. The van der Waals surface area contributed by atoms with Crippen molar-refractivity contribution in [1.29, 1.82) is 0 Å². The molecule has 0 atom stereocenters. The van der Waals surface area contributed by atoms with E-state index in [2.05, 4.69) is 19.7 Å². The summed E-state index contributed by atoms with van der Waals surface area (Å²) in [7, 11) is 0. The molecular formula is C12H22N4O4Y2-4. The van der Waals surface area contributed by atoms with Crippen molar-refractivity contribution in [3.63, 3.8) is 0 Å². The van der Waals surface area contributed by atoms with Crippen LogP contribution >= 0.6 is 0 Å². The van der Waals surface area contributed by atoms with Crippen LogP contribution in [0.4, 0.5) is 0 Å². The smallest absolute Gasteiger partial charge is 0.307 e. The van der Waals surface area contributed by atoms with Crippen molar-refractivity contribution in [3.8, 4) is 0 Å². The molecule has 0 rings (SSSR count). The van der Waals surface area contributed by atoms with Gasteiger partial charge in [-0.05, 0) is 0 Å². The van der Waals surface area contributed by atoms with E-state index in [0.717, 1.165) is 0 Å². The number of carbonyl (C=O) groups excluding carboxylic acids is 2. The molecule has 0 bridgehead atoms. The molecule has 7 N–H and O–H groups in total. The standard InChI is InChI=1S/2C4H7NO.C4H6O2.2H2N.2Y/c3*1-2-3-4(5)6;;;;/h2*2H,1,3H2,(H2,5,6);2H,1,3H2,(H,5,6);2*1H2;;/q;;;2*-1;;/p-2. The molecule has 0 aliphatic heterocycles. The van der Waals surface area contributed by atoms with E-state index in [1.54, 1.807) is 0 Å². The fraction of sp³-hybridized carbons (Fsp3) is 0.250. The maximum Gasteiger partial charge on any atom is 0.307 e. The quantitative estimate of drug-likeness (QED) is 0.573. The number of rotatable bonds is 6. The van der Waals surface area contributed by atoms with Crippen LogP contribution in [0.3, 0.4) is 0 Å². The van der Waals surface area contributed by atoms with Crippen molar-refractivity contribution in [3.05, 3.63) is 61.7 Å². The Morgan fingerprint density at radius 2 is 1.00 bits per heavy atom. The number of hydrogen-bond donors (Lipinski definition) is 1. The van der Waals surface area contributed by atoms with Crippen LogP contribution in [-0.4, -0.2) is 22.9 Å². The number of carboxylic acid groups (broad SMARTS) is 1. The summed E-state index contributed by atoms with van der Waals surface area (Å²) in [6.07, 6.45) is 4.56. The van der Waals surface area contributed by atoms with Crippen molar-refractivity contribution in [2.24, 2.45) is 0 Å². The van der Waals surface area contributed by atoms with E-state index in [0.29, 0.717) is 0 Å². The maximum absolute atomic E-state index is 9.64. The zero-order valence-electron chi connectivity index (χ0n) is 12.5. The average molecular weight is 464 g/mol. The first kappa shape index (κ1) is 43.0. The van der Waals surface area contributed by atoms with Crippen LogP contribution in [0.15, 0.2) is 38.0 Å². The zero-order chi connectivity index (χ0) is 15.0. The minimum atomic E-state index is -0.829. The minimum absolute atomic E-state index is 0. The second kappa shape index (κ2) is 37.2. The Labute approximate surface area is 182 Å². The van der Waals surface area contributed by atoms with Crippen molar-refractivity contribution < 1.29 is 84.9 Å². The van der Waals surface area contributed by atoms with Gasteiger partial charge in [-0.3, -0.25) is 4.79 Å². The van der Waals surface area contributed by atoms with E-state index in [-0.39, 0.29) is 97.0 Å². The summed E-state index contributed by atoms with van der Waals surface area (Å²) in [6.45, 7) is 9.74. The molecule has 0 aromatic rings. The van der Waals surface area contributed by atoms with E-state index in [9.17, 15) is 14.4 Å². The van der Waals surface area contributed by atoms with E-state index in [1.165, 1.54) is 18.2 Å². The molecule has 0 aliphatic carbocycles. The summed E-state index contributed by atoms with van der Waals surface area (Å²) >= 11 is 0. The summed E-state index contributed by atoms with van der Waals surface area (Å²) < 4.78 is 0. The second-order valence-corrected chi connectivity index (χ2v) is 2.72. The van der Waals surface area contributed by atoms with Gasteiger partial charge in [-0.15, -0.1) is 19.7 Å². The van der Waals surface area contributed by atoms with Crippen LogP contribution in [0, 0.1) is 0 Å². The Morgan fingerprint density at radius 3 is 1.00 bits per heavy atom. The average Bonchev–Trinajstić information content (AvgIpc) is 2.18. The molecule has 22 heavy (non-hydrogen) atoms. The molecule has 2 amide bonds. The van der Waals surface area contributed by atoms with E-state index < -0.39 is 17.8 Å². The van der Waals surface area contributed by atoms with Crippen LogP contribution in [0.25, 0.3) is 23.8 Å². The first-order valence-corrected chi connectivity index (χ1v) is 4.85. The molecule has 2 radical (unpaired) electrons. The molecule has 8 nitrogen and oxygen atoms in total. The van der Waals surface area contributed by atoms with Gasteiger partial charge in [-0.25, -0.2) is 0 Å². The number of amides is 2. The fourth-order valence-electron chi connectivity index (χ4n) is 0.386. The largest absolute Gasteiger partial charge is 0.693 e. The third-order valence-electron chi connectivity index (χ3n) is 0.978. The summed E-state index contributed by atoms with van der Waals surface area (Å²) in [5, 5.41) is 7.84. The van der Waals surface area contributed by atoms with Crippen molar-refractivity contribution in [1.82, 2.24) is 0 Å². The summed E-state index contributed by atoms with van der Waals surface area (Å²) in [5.74, 6) is -1.99. The van der Waals surface area contributed by atoms with Gasteiger partial charge < -0.3 is 38.5 Å². The summed E-state index contributed by atoms with van der Waals surface area (Å²) in [5.41, 5.74) is 12.5. The van der Waals surface area contributed by atoms with Gasteiger partial charge in [-0.2, -0.15) is 0 Å². The molecule has 0 spiro atoms. The van der Waals surface area contributed by atoms with Gasteiger partial charge in [0.05, 0.1) is 18.2 Å². The van der Waals surface area contributed by atoms with Gasteiger partial charge in [0.25, 0.3) is 0 Å². The monoisotopic (exact) mass is 464 g/mol. The molecule has 0 unspecified atom stereocenters. The van der Waals surface area contributed by atoms with Gasteiger partial charge in [-0.1, -0.05) is 18.2 Å². The Bertz CT molecular complexity index is 266. The Kier molecular flexibility index (Phi) is 72.8. The van der Waals surface area contributed by atoms with Crippen molar-refractivity contribution in [2.45, 2.75) is 19.3 Å². The predicted octanol–water partition coefficient (Wildman–Crippen LogP) is 4.36. The minimum Gasteiger partial charge on any atom is -0.693 e. The SMILES string of the molecule is C=CCC(=O)O.C=CCC([NH-])=O.C=CCC([NH-])=O.[NH2-].[NH2-].[Y].[Y]. The molecule has 0 aromatic heterocycles. The topological polar surface area (TPSA) is 186 Å². The van der Waals surface area contributed by atoms with Gasteiger partial charge in [0.15, 0.2) is 0 Å². The van der Waals surface area contributed by atoms with Crippen molar-refractivity contribution >= 4 is 17.8 Å². The van der Waals surface area contributed by atoms with E-state index >= 15 is 0 Å². The van der Waals surface area contributed by atoms with Crippen LogP contribution in [0.5, 0.6) is 0 Å². The summed E-state index contributed by atoms with van der Waals surface area (Å²) in [4.78, 5) is 28.8. The third-order valence-corrected chi connectivity index (χ3v) is 0.978. The van der Waals surface area contributed by atoms with Crippen LogP contribution < -0.4 is 0 Å². The van der Waals surface area contributed by atoms with Crippen LogP contribution in [0.2, 0.25) is 0 Å². The first-order chi connectivity index (χ1) is 8.31. The number of nitrogens with two attached hydrogens (primary N) is 2. The predicted molar refractivity (Wildman–Crippen MR) is 81.3 cm³/mol. The first-order valence-electron chi connectivity index (χ1n) is 4.85. The van der Waals surface area contributed by atoms with Gasteiger partial charge in [0.2, 0.25) is 0 Å². The molecule has 0 saturated heterocycles. The molecule has 0 fully saturated rings. The van der Waals surface area contributed by atoms with Crippen LogP contribution in [0.1, 0.15) is 19.3 Å². The molecule has 0 aromatic carbocycles. The Morgan fingerprint density at radius 1 is 0.773 bits per heavy atom. The summed E-state index contributed by atoms with van der Waals surface area (Å²) in [6, 6.07) is 0. The van der Waals surface area contributed by atoms with Gasteiger partial charge in [0.1, 0.15) is 0 Å². The van der Waals surface area contributed by atoms with Crippen molar-refractivity contribution in [2.75, 3.05) is 0 Å². The zero-order valence-corrected chi connectivity index (χ0v) is 18.1. The number of carboxylic acids is 1. The van der Waals surface area contributed by atoms with E-state index in [1.807, 2.05) is 0 Å². The third kappa shape index (κ3) is 90.6. The number of hydrogen-bond acceptors (Lipinski definition) is 3.